The van der Waals surface area contributed by atoms with Crippen molar-refractivity contribution in [3.05, 3.63) is 23.6 Å². The summed E-state index contributed by atoms with van der Waals surface area (Å²) < 4.78 is 19.0. The molecule has 1 aromatic rings. The molecule has 0 radical (unpaired) electrons. The molecular formula is C24H36FN5O3. The molecule has 1 aromatic heterocycles. The van der Waals surface area contributed by atoms with Gasteiger partial charge in [-0.1, -0.05) is 0 Å². The summed E-state index contributed by atoms with van der Waals surface area (Å²) in [5.74, 6) is 0.412. The van der Waals surface area contributed by atoms with Crippen molar-refractivity contribution in [3.63, 3.8) is 0 Å². The maximum Gasteiger partial charge on any atom is 0.409 e. The molecule has 2 amide bonds. The minimum atomic E-state index is -0.364. The van der Waals surface area contributed by atoms with Crippen LogP contribution in [0.4, 0.5) is 15.0 Å². The standard InChI is InChI=1S/C24H36FN5O3/c1-3-26-21(31)6-5-18-13-19(25)15-27-22(18)29-11-9-28(10-12-29)20-7-8-24(14-20)16-30(17-24)23(32)33-4-2/h13,15,20H,3-12,14,16-17H2,1-2H3,(H,26,31)/t20-/m1/s1. The number of hydrogen-bond donors (Lipinski definition) is 1. The number of hydrogen-bond acceptors (Lipinski definition) is 6. The Morgan fingerprint density at radius 2 is 2.00 bits per heavy atom. The predicted octanol–water partition coefficient (Wildman–Crippen LogP) is 2.42. The van der Waals surface area contributed by atoms with Crippen LogP contribution in [0.25, 0.3) is 0 Å². The molecule has 33 heavy (non-hydrogen) atoms. The van der Waals surface area contributed by atoms with Crippen molar-refractivity contribution < 1.29 is 18.7 Å². The molecule has 3 heterocycles. The maximum atomic E-state index is 13.9. The second kappa shape index (κ2) is 10.2. The molecule has 1 N–H and O–H groups in total. The van der Waals surface area contributed by atoms with Gasteiger partial charge in [-0.25, -0.2) is 14.2 Å². The fraction of sp³-hybridized carbons (Fsp3) is 0.708. The molecule has 4 rings (SSSR count). The molecule has 8 nitrogen and oxygen atoms in total. The van der Waals surface area contributed by atoms with Crippen LogP contribution in [0.3, 0.4) is 0 Å². The van der Waals surface area contributed by atoms with E-state index in [0.717, 1.165) is 63.5 Å². The van der Waals surface area contributed by atoms with Gasteiger partial charge in [0.1, 0.15) is 11.6 Å². The number of halogens is 1. The SMILES string of the molecule is CCNC(=O)CCc1cc(F)cnc1N1CCN([C@@H]2CCC3(C2)CN(C(=O)OCC)C3)CC1. The van der Waals surface area contributed by atoms with Crippen molar-refractivity contribution in [2.45, 2.75) is 52.0 Å². The molecule has 1 aliphatic carbocycles. The number of rotatable bonds is 7. The second-order valence-electron chi connectivity index (χ2n) is 9.56. The van der Waals surface area contributed by atoms with E-state index in [9.17, 15) is 14.0 Å². The molecule has 3 aliphatic rings. The number of anilines is 1. The first-order chi connectivity index (χ1) is 15.9. The third kappa shape index (κ3) is 5.39. The van der Waals surface area contributed by atoms with Crippen LogP contribution in [0.2, 0.25) is 0 Å². The van der Waals surface area contributed by atoms with Gasteiger partial charge in [0.2, 0.25) is 5.91 Å². The van der Waals surface area contributed by atoms with Crippen LogP contribution in [0.1, 0.15) is 45.1 Å². The average Bonchev–Trinajstić information content (AvgIpc) is 3.23. The largest absolute Gasteiger partial charge is 0.450 e. The zero-order chi connectivity index (χ0) is 23.4. The van der Waals surface area contributed by atoms with Crippen molar-refractivity contribution in [2.24, 2.45) is 5.41 Å². The fourth-order valence-electron chi connectivity index (χ4n) is 5.66. The summed E-state index contributed by atoms with van der Waals surface area (Å²) in [6.45, 7) is 9.94. The Hall–Kier alpha value is -2.42. The number of aromatic nitrogens is 1. The van der Waals surface area contributed by atoms with E-state index in [1.807, 2.05) is 18.7 Å². The Bertz CT molecular complexity index is 853. The van der Waals surface area contributed by atoms with Crippen LogP contribution in [0, 0.1) is 11.2 Å². The monoisotopic (exact) mass is 461 g/mol. The van der Waals surface area contributed by atoms with Crippen LogP contribution in [-0.2, 0) is 16.0 Å². The topological polar surface area (TPSA) is 78.0 Å². The third-order valence-electron chi connectivity index (χ3n) is 7.29. The zero-order valence-electron chi connectivity index (χ0n) is 19.8. The second-order valence-corrected chi connectivity index (χ2v) is 9.56. The van der Waals surface area contributed by atoms with Crippen molar-refractivity contribution in [2.75, 3.05) is 57.3 Å². The Kier molecular flexibility index (Phi) is 7.36. The van der Waals surface area contributed by atoms with Crippen molar-refractivity contribution in [1.82, 2.24) is 20.1 Å². The number of piperazine rings is 1. The lowest BCUT2D eigenvalue weighted by Crippen LogP contribution is -2.58. The predicted molar refractivity (Wildman–Crippen MR) is 124 cm³/mol. The smallest absolute Gasteiger partial charge is 0.409 e. The van der Waals surface area contributed by atoms with E-state index < -0.39 is 0 Å². The van der Waals surface area contributed by atoms with Crippen LogP contribution in [0.15, 0.2) is 12.3 Å². The molecule has 1 saturated carbocycles. The number of pyridine rings is 1. The number of carbonyl (C=O) groups excluding carboxylic acids is 2. The van der Waals surface area contributed by atoms with Gasteiger partial charge in [0, 0.05) is 63.7 Å². The number of likely N-dealkylation sites (tertiary alicyclic amines) is 1. The highest BCUT2D eigenvalue weighted by Crippen LogP contribution is 2.47. The Balaban J connectivity index is 1.29. The summed E-state index contributed by atoms with van der Waals surface area (Å²) >= 11 is 0. The minimum absolute atomic E-state index is 0.0230. The Labute approximate surface area is 195 Å². The molecule has 3 fully saturated rings. The molecule has 9 heteroatoms. The fourth-order valence-corrected chi connectivity index (χ4v) is 5.66. The summed E-state index contributed by atoms with van der Waals surface area (Å²) in [7, 11) is 0. The van der Waals surface area contributed by atoms with Gasteiger partial charge < -0.3 is 19.9 Å². The molecule has 0 aromatic carbocycles. The molecule has 2 aliphatic heterocycles. The van der Waals surface area contributed by atoms with Gasteiger partial charge in [0.15, 0.2) is 0 Å². The van der Waals surface area contributed by atoms with E-state index in [2.05, 4.69) is 20.1 Å². The molecular weight excluding hydrogens is 425 g/mol. The number of nitrogens with one attached hydrogen (secondary N) is 1. The highest BCUT2D eigenvalue weighted by molar-refractivity contribution is 5.76. The number of ether oxygens (including phenoxy) is 1. The summed E-state index contributed by atoms with van der Waals surface area (Å²) in [4.78, 5) is 34.8. The quantitative estimate of drug-likeness (QED) is 0.672. The molecule has 0 bridgehead atoms. The van der Waals surface area contributed by atoms with Gasteiger partial charge in [0.05, 0.1) is 12.8 Å². The van der Waals surface area contributed by atoms with E-state index in [0.29, 0.717) is 32.0 Å². The number of aryl methyl sites for hydroxylation is 1. The zero-order valence-corrected chi connectivity index (χ0v) is 19.8. The number of amides is 2. The molecule has 0 unspecified atom stereocenters. The normalized spacial score (nSPS) is 22.3. The highest BCUT2D eigenvalue weighted by Gasteiger charge is 2.51. The molecule has 2 saturated heterocycles. The van der Waals surface area contributed by atoms with E-state index in [1.54, 1.807) is 0 Å². The van der Waals surface area contributed by atoms with Crippen molar-refractivity contribution >= 4 is 17.8 Å². The summed E-state index contributed by atoms with van der Waals surface area (Å²) in [5, 5.41) is 2.80. The highest BCUT2D eigenvalue weighted by atomic mass is 19.1. The van der Waals surface area contributed by atoms with Crippen LogP contribution < -0.4 is 10.2 Å². The van der Waals surface area contributed by atoms with E-state index in [4.69, 9.17) is 4.74 Å². The lowest BCUT2D eigenvalue weighted by atomic mass is 9.78. The van der Waals surface area contributed by atoms with Gasteiger partial charge >= 0.3 is 6.09 Å². The van der Waals surface area contributed by atoms with Crippen LogP contribution >= 0.6 is 0 Å². The lowest BCUT2D eigenvalue weighted by molar-refractivity contribution is -0.120. The number of carbonyl (C=O) groups is 2. The minimum Gasteiger partial charge on any atom is -0.450 e. The van der Waals surface area contributed by atoms with Gasteiger partial charge in [-0.2, -0.15) is 0 Å². The first-order valence-electron chi connectivity index (χ1n) is 12.2. The number of nitrogens with zero attached hydrogens (tertiary/aromatic N) is 4. The van der Waals surface area contributed by atoms with Gasteiger partial charge in [0.25, 0.3) is 0 Å². The van der Waals surface area contributed by atoms with Crippen LogP contribution in [0.5, 0.6) is 0 Å². The molecule has 1 atom stereocenters. The first-order valence-corrected chi connectivity index (χ1v) is 12.2. The van der Waals surface area contributed by atoms with Gasteiger partial charge in [-0.15, -0.1) is 0 Å². The molecule has 1 spiro atoms. The average molecular weight is 462 g/mol. The summed E-state index contributed by atoms with van der Waals surface area (Å²) in [6, 6.07) is 2.07. The third-order valence-corrected chi connectivity index (χ3v) is 7.29. The lowest BCUT2D eigenvalue weighted by Gasteiger charge is -2.48. The summed E-state index contributed by atoms with van der Waals surface area (Å²) in [6.07, 6.45) is 5.36. The Morgan fingerprint density at radius 1 is 1.24 bits per heavy atom. The van der Waals surface area contributed by atoms with Crippen molar-refractivity contribution in [3.8, 4) is 0 Å². The molecule has 182 valence electrons. The van der Waals surface area contributed by atoms with Gasteiger partial charge in [-0.3, -0.25) is 9.69 Å². The van der Waals surface area contributed by atoms with Crippen LogP contribution in [-0.4, -0.2) is 85.2 Å². The van der Waals surface area contributed by atoms with E-state index >= 15 is 0 Å². The maximum absolute atomic E-state index is 13.9. The van der Waals surface area contributed by atoms with E-state index in [-0.39, 0.29) is 23.2 Å². The van der Waals surface area contributed by atoms with Gasteiger partial charge in [-0.05, 0) is 51.2 Å². The first kappa shape index (κ1) is 23.7. The van der Waals surface area contributed by atoms with Crippen molar-refractivity contribution in [1.29, 1.82) is 0 Å². The van der Waals surface area contributed by atoms with E-state index in [1.165, 1.54) is 18.7 Å². The Morgan fingerprint density at radius 3 is 2.70 bits per heavy atom. The summed E-state index contributed by atoms with van der Waals surface area (Å²) in [5.41, 5.74) is 1.06.